The average molecular weight is 361 g/mol. The molecule has 0 radical (unpaired) electrons. The van der Waals surface area contributed by atoms with E-state index in [-0.39, 0.29) is 46.5 Å². The minimum absolute atomic E-state index is 0. The van der Waals surface area contributed by atoms with E-state index in [4.69, 9.17) is 0 Å². The van der Waals surface area contributed by atoms with E-state index in [0.29, 0.717) is 11.8 Å². The van der Waals surface area contributed by atoms with Crippen LogP contribution in [-0.2, 0) is 21.7 Å². The summed E-state index contributed by atoms with van der Waals surface area (Å²) in [6.45, 7) is 13.2. The Kier molecular flexibility index (Phi) is 15.9. The van der Waals surface area contributed by atoms with Crippen LogP contribution in [0.1, 0.15) is 54.4 Å². The Bertz CT molecular complexity index is 373. The molecule has 0 unspecified atom stereocenters. The van der Waals surface area contributed by atoms with Crippen molar-refractivity contribution in [2.45, 2.75) is 54.4 Å². The fraction of sp³-hybridized carbons (Fsp3) is 0.556. The van der Waals surface area contributed by atoms with E-state index in [9.17, 15) is 0 Å². The van der Waals surface area contributed by atoms with Gasteiger partial charge in [-0.25, -0.2) is 22.3 Å². The predicted octanol–water partition coefficient (Wildman–Crippen LogP) is -0.551. The monoisotopic (exact) mass is 360 g/mol. The first-order chi connectivity index (χ1) is 8.43. The fourth-order valence-corrected chi connectivity index (χ4v) is 2.41. The summed E-state index contributed by atoms with van der Waals surface area (Å²) in [5, 5.41) is 0. The van der Waals surface area contributed by atoms with Gasteiger partial charge >= 0.3 is 21.7 Å². The van der Waals surface area contributed by atoms with Gasteiger partial charge in [-0.1, -0.05) is 52.4 Å². The van der Waals surface area contributed by atoms with Crippen LogP contribution in [0.4, 0.5) is 0 Å². The van der Waals surface area contributed by atoms with Crippen LogP contribution < -0.4 is 24.8 Å². The van der Waals surface area contributed by atoms with Gasteiger partial charge in [0.05, 0.1) is 0 Å². The van der Waals surface area contributed by atoms with E-state index in [1.165, 1.54) is 22.3 Å². The zero-order valence-electron chi connectivity index (χ0n) is 14.0. The van der Waals surface area contributed by atoms with Crippen LogP contribution in [0.3, 0.4) is 0 Å². The van der Waals surface area contributed by atoms with Crippen LogP contribution in [0.2, 0.25) is 0 Å². The molecule has 0 aromatic carbocycles. The molecule has 0 saturated heterocycles. The van der Waals surface area contributed by atoms with Gasteiger partial charge in [0.2, 0.25) is 0 Å². The summed E-state index contributed by atoms with van der Waals surface area (Å²) in [6.07, 6.45) is 13.0. The van der Waals surface area contributed by atoms with Gasteiger partial charge in [-0.3, -0.25) is 12.2 Å². The van der Waals surface area contributed by atoms with Gasteiger partial charge in [-0.05, 0) is 0 Å². The van der Waals surface area contributed by atoms with Gasteiger partial charge in [0.25, 0.3) is 0 Å². The van der Waals surface area contributed by atoms with Crippen molar-refractivity contribution in [3.63, 3.8) is 0 Å². The SMILES string of the molecule is CC1=C(C(C)C)[C-]=CC1.CC1=C(C(C)C)[C-]=CC1.[Cl-].[Cl-].[Ti+4]. The standard InChI is InChI=1S/2C9H13.2ClH.Ti/c2*1-7(2)9-6-4-5-8(9)3;;;/h2*4,7H,5H2,1-3H3;2*1H;/q2*-1;;;+4/p-2. The molecule has 0 atom stereocenters. The number of halogens is 2. The minimum atomic E-state index is 0. The second-order valence-electron chi connectivity index (χ2n) is 5.80. The van der Waals surface area contributed by atoms with Gasteiger partial charge in [0.1, 0.15) is 0 Å². The van der Waals surface area contributed by atoms with Crippen molar-refractivity contribution < 1.29 is 46.5 Å². The Hall–Kier alpha value is 0.254. The molecule has 0 nitrogen and oxygen atoms in total. The third-order valence-corrected chi connectivity index (χ3v) is 3.41. The van der Waals surface area contributed by atoms with Crippen molar-refractivity contribution in [2.75, 3.05) is 0 Å². The van der Waals surface area contributed by atoms with Crippen LogP contribution in [0.5, 0.6) is 0 Å². The zero-order valence-corrected chi connectivity index (χ0v) is 17.1. The largest absolute Gasteiger partial charge is 4.00 e. The molecular weight excluding hydrogens is 335 g/mol. The zero-order chi connectivity index (χ0) is 13.7. The van der Waals surface area contributed by atoms with Gasteiger partial charge in [-0.15, -0.1) is 13.8 Å². The van der Waals surface area contributed by atoms with Crippen molar-refractivity contribution in [3.05, 3.63) is 46.6 Å². The van der Waals surface area contributed by atoms with Crippen molar-refractivity contribution in [1.82, 2.24) is 0 Å². The second-order valence-corrected chi connectivity index (χ2v) is 5.80. The smallest absolute Gasteiger partial charge is 1.00 e. The first kappa shape index (κ1) is 26.2. The summed E-state index contributed by atoms with van der Waals surface area (Å²) < 4.78 is 0. The van der Waals surface area contributed by atoms with Crippen molar-refractivity contribution in [3.8, 4) is 0 Å². The Morgan fingerprint density at radius 2 is 1.05 bits per heavy atom. The van der Waals surface area contributed by atoms with Crippen LogP contribution >= 0.6 is 0 Å². The maximum absolute atomic E-state index is 3.26. The summed E-state index contributed by atoms with van der Waals surface area (Å²) in [5.41, 5.74) is 5.81. The molecule has 0 bridgehead atoms. The van der Waals surface area contributed by atoms with Gasteiger partial charge in [0, 0.05) is 0 Å². The van der Waals surface area contributed by atoms with Crippen LogP contribution in [0, 0.1) is 24.0 Å². The summed E-state index contributed by atoms with van der Waals surface area (Å²) in [7, 11) is 0. The fourth-order valence-electron chi connectivity index (χ4n) is 2.41. The molecule has 0 aliphatic heterocycles. The number of rotatable bonds is 2. The molecule has 3 heteroatoms. The van der Waals surface area contributed by atoms with Crippen LogP contribution in [-0.4, -0.2) is 0 Å². The summed E-state index contributed by atoms with van der Waals surface area (Å²) >= 11 is 0. The molecule has 0 aromatic heterocycles. The van der Waals surface area contributed by atoms with Gasteiger partial charge < -0.3 is 24.8 Å². The maximum atomic E-state index is 3.26. The third-order valence-electron chi connectivity index (χ3n) is 3.41. The molecule has 0 spiro atoms. The molecule has 2 aliphatic rings. The molecule has 116 valence electrons. The number of allylic oxidation sites excluding steroid dienone is 8. The van der Waals surface area contributed by atoms with E-state index < -0.39 is 0 Å². The molecule has 2 rings (SSSR count). The van der Waals surface area contributed by atoms with Crippen LogP contribution in [0.25, 0.3) is 0 Å². The molecule has 0 aromatic rings. The molecule has 0 heterocycles. The Morgan fingerprint density at radius 3 is 1.14 bits per heavy atom. The number of hydrogen-bond donors (Lipinski definition) is 0. The topological polar surface area (TPSA) is 0 Å². The Balaban J connectivity index is -0.000000270. The molecule has 21 heavy (non-hydrogen) atoms. The molecule has 0 N–H and O–H groups in total. The average Bonchev–Trinajstić information content (AvgIpc) is 2.87. The van der Waals surface area contributed by atoms with Gasteiger partial charge in [-0.2, -0.15) is 12.2 Å². The van der Waals surface area contributed by atoms with Crippen LogP contribution in [0.15, 0.2) is 34.4 Å². The quantitative estimate of drug-likeness (QED) is 0.458. The molecule has 2 aliphatic carbocycles. The van der Waals surface area contributed by atoms with E-state index in [1.54, 1.807) is 0 Å². The van der Waals surface area contributed by atoms with E-state index in [2.05, 4.69) is 65.8 Å². The maximum Gasteiger partial charge on any atom is 4.00 e. The van der Waals surface area contributed by atoms with E-state index in [0.717, 1.165) is 12.8 Å². The predicted molar refractivity (Wildman–Crippen MR) is 79.9 cm³/mol. The second kappa shape index (κ2) is 12.8. The normalized spacial score (nSPS) is 15.6. The summed E-state index contributed by atoms with van der Waals surface area (Å²) in [5.74, 6) is 1.31. The summed E-state index contributed by atoms with van der Waals surface area (Å²) in [4.78, 5) is 0. The molecule has 0 fully saturated rings. The van der Waals surface area contributed by atoms with Crippen molar-refractivity contribution in [2.24, 2.45) is 11.8 Å². The third kappa shape index (κ3) is 8.45. The molecule has 0 saturated carbocycles. The summed E-state index contributed by atoms with van der Waals surface area (Å²) in [6, 6.07) is 0. The minimum Gasteiger partial charge on any atom is -1.00 e. The Labute approximate surface area is 158 Å². The van der Waals surface area contributed by atoms with E-state index >= 15 is 0 Å². The first-order valence-electron chi connectivity index (χ1n) is 6.99. The first-order valence-corrected chi connectivity index (χ1v) is 6.99. The van der Waals surface area contributed by atoms with E-state index in [1.807, 2.05) is 0 Å². The molecular formula is C18H26Cl2Ti. The van der Waals surface area contributed by atoms with Crippen molar-refractivity contribution >= 4 is 0 Å². The molecule has 0 amide bonds. The van der Waals surface area contributed by atoms with Crippen molar-refractivity contribution in [1.29, 1.82) is 0 Å². The van der Waals surface area contributed by atoms with Gasteiger partial charge in [0.15, 0.2) is 0 Å². The Morgan fingerprint density at radius 1 is 0.762 bits per heavy atom. The number of hydrogen-bond acceptors (Lipinski definition) is 0.